The summed E-state index contributed by atoms with van der Waals surface area (Å²) in [5, 5.41) is 5.62. The van der Waals surface area contributed by atoms with Crippen molar-refractivity contribution in [1.82, 2.24) is 4.90 Å². The van der Waals surface area contributed by atoms with Crippen molar-refractivity contribution < 1.29 is 14.3 Å². The van der Waals surface area contributed by atoms with Crippen LogP contribution in [0.1, 0.15) is 12.0 Å². The molecule has 0 atom stereocenters. The normalized spacial score (nSPS) is 13.6. The third kappa shape index (κ3) is 5.18. The number of carbonyl (C=O) groups excluding carboxylic acids is 2. The molecule has 0 radical (unpaired) electrons. The molecule has 7 heteroatoms. The molecule has 7 nitrogen and oxygen atoms in total. The Hall–Kier alpha value is -4.00. The van der Waals surface area contributed by atoms with Crippen molar-refractivity contribution in [3.05, 3.63) is 84.4 Å². The van der Waals surface area contributed by atoms with Gasteiger partial charge in [0.2, 0.25) is 0 Å². The Bertz CT molecular complexity index is 1090. The zero-order valence-electron chi connectivity index (χ0n) is 18.0. The predicted octanol–water partition coefficient (Wildman–Crippen LogP) is 5.17. The molecule has 0 spiro atoms. The fourth-order valence-corrected chi connectivity index (χ4v) is 3.72. The van der Waals surface area contributed by atoms with Crippen molar-refractivity contribution in [2.45, 2.75) is 13.0 Å². The number of ether oxygens (including phenoxy) is 1. The second-order valence-electron chi connectivity index (χ2n) is 7.56. The van der Waals surface area contributed by atoms with Gasteiger partial charge in [-0.3, -0.25) is 4.90 Å². The summed E-state index contributed by atoms with van der Waals surface area (Å²) in [4.78, 5) is 29.2. The Morgan fingerprint density at radius 1 is 0.906 bits per heavy atom. The summed E-state index contributed by atoms with van der Waals surface area (Å²) >= 11 is 0. The van der Waals surface area contributed by atoms with E-state index >= 15 is 0 Å². The van der Waals surface area contributed by atoms with Gasteiger partial charge in [0.25, 0.3) is 0 Å². The molecule has 1 aliphatic rings. The first kappa shape index (κ1) is 21.2. The number of nitrogens with one attached hydrogen (secondary N) is 2. The van der Waals surface area contributed by atoms with Crippen molar-refractivity contribution in [2.75, 3.05) is 35.7 Å². The monoisotopic (exact) mass is 430 g/mol. The fraction of sp³-hybridized carbons (Fsp3) is 0.200. The molecule has 1 saturated heterocycles. The van der Waals surface area contributed by atoms with E-state index in [1.165, 1.54) is 0 Å². The summed E-state index contributed by atoms with van der Waals surface area (Å²) < 4.78 is 5.18. The van der Waals surface area contributed by atoms with Gasteiger partial charge in [0, 0.05) is 42.8 Å². The summed E-state index contributed by atoms with van der Waals surface area (Å²) in [6.07, 6.45) is 0.882. The van der Waals surface area contributed by atoms with Crippen molar-refractivity contribution >= 4 is 29.1 Å². The largest absolute Gasteiger partial charge is 0.497 e. The molecule has 32 heavy (non-hydrogen) atoms. The summed E-state index contributed by atoms with van der Waals surface area (Å²) in [6.45, 7) is 1.95. The number of methoxy groups -OCH3 is 1. The molecular weight excluding hydrogens is 404 g/mol. The number of hydrogen-bond acceptors (Lipinski definition) is 3. The summed E-state index contributed by atoms with van der Waals surface area (Å²) in [7, 11) is 1.58. The van der Waals surface area contributed by atoms with E-state index in [2.05, 4.69) is 10.6 Å². The number of benzene rings is 3. The Kier molecular flexibility index (Phi) is 6.55. The van der Waals surface area contributed by atoms with Gasteiger partial charge in [-0.2, -0.15) is 0 Å². The molecule has 0 bridgehead atoms. The van der Waals surface area contributed by atoms with E-state index < -0.39 is 0 Å². The lowest BCUT2D eigenvalue weighted by Gasteiger charge is -2.35. The van der Waals surface area contributed by atoms with Crippen LogP contribution in [-0.2, 0) is 6.54 Å². The maximum absolute atomic E-state index is 13.1. The summed E-state index contributed by atoms with van der Waals surface area (Å²) in [5.74, 6) is 0.661. The fourth-order valence-electron chi connectivity index (χ4n) is 3.72. The molecule has 0 aliphatic carbocycles. The van der Waals surface area contributed by atoms with Gasteiger partial charge in [0.1, 0.15) is 5.75 Å². The van der Waals surface area contributed by atoms with Crippen LogP contribution in [0.4, 0.5) is 26.7 Å². The summed E-state index contributed by atoms with van der Waals surface area (Å²) in [5.41, 5.74) is 3.09. The van der Waals surface area contributed by atoms with Gasteiger partial charge in [-0.1, -0.05) is 42.5 Å². The van der Waals surface area contributed by atoms with Crippen LogP contribution in [0, 0.1) is 0 Å². The molecule has 4 amide bonds. The molecule has 1 aliphatic heterocycles. The van der Waals surface area contributed by atoms with Gasteiger partial charge in [0.15, 0.2) is 0 Å². The van der Waals surface area contributed by atoms with E-state index in [-0.39, 0.29) is 12.1 Å². The zero-order valence-corrected chi connectivity index (χ0v) is 18.0. The zero-order chi connectivity index (χ0) is 22.3. The van der Waals surface area contributed by atoms with Crippen LogP contribution in [0.15, 0.2) is 78.9 Å². The van der Waals surface area contributed by atoms with Crippen molar-refractivity contribution in [3.8, 4) is 5.75 Å². The van der Waals surface area contributed by atoms with E-state index in [1.807, 2.05) is 59.5 Å². The highest BCUT2D eigenvalue weighted by atomic mass is 16.5. The molecule has 164 valence electrons. The van der Waals surface area contributed by atoms with Gasteiger partial charge in [-0.05, 0) is 42.3 Å². The number of nitrogens with zero attached hydrogens (tertiary/aromatic N) is 2. The molecule has 2 N–H and O–H groups in total. The van der Waals surface area contributed by atoms with Crippen molar-refractivity contribution in [1.29, 1.82) is 0 Å². The van der Waals surface area contributed by atoms with Crippen LogP contribution in [0.3, 0.4) is 0 Å². The lowest BCUT2D eigenvalue weighted by atomic mass is 10.1. The number of carbonyl (C=O) groups is 2. The van der Waals surface area contributed by atoms with Crippen LogP contribution in [0.25, 0.3) is 0 Å². The van der Waals surface area contributed by atoms with Crippen LogP contribution in [0.5, 0.6) is 5.75 Å². The molecule has 4 rings (SSSR count). The quantitative estimate of drug-likeness (QED) is 0.566. The lowest BCUT2D eigenvalue weighted by Crippen LogP contribution is -2.49. The maximum atomic E-state index is 13.1. The molecule has 0 unspecified atom stereocenters. The van der Waals surface area contributed by atoms with Gasteiger partial charge >= 0.3 is 12.1 Å². The number of urea groups is 2. The van der Waals surface area contributed by atoms with Crippen molar-refractivity contribution in [3.63, 3.8) is 0 Å². The lowest BCUT2D eigenvalue weighted by molar-refractivity contribution is 0.192. The van der Waals surface area contributed by atoms with Crippen LogP contribution in [0.2, 0.25) is 0 Å². The van der Waals surface area contributed by atoms with E-state index in [4.69, 9.17) is 4.74 Å². The molecular formula is C25H26N4O3. The topological polar surface area (TPSA) is 73.9 Å². The highest BCUT2D eigenvalue weighted by Crippen LogP contribution is 2.25. The van der Waals surface area contributed by atoms with Gasteiger partial charge in [-0.25, -0.2) is 9.59 Å². The highest BCUT2D eigenvalue weighted by molar-refractivity contribution is 6.00. The van der Waals surface area contributed by atoms with E-state index in [0.29, 0.717) is 30.2 Å². The number of anilines is 3. The Morgan fingerprint density at radius 2 is 1.62 bits per heavy atom. The highest BCUT2D eigenvalue weighted by Gasteiger charge is 2.27. The molecule has 0 aromatic heterocycles. The predicted molar refractivity (Wildman–Crippen MR) is 126 cm³/mol. The molecule has 3 aromatic rings. The number of amides is 4. The molecule has 1 fully saturated rings. The minimum Gasteiger partial charge on any atom is -0.497 e. The first-order valence-corrected chi connectivity index (χ1v) is 10.5. The van der Waals surface area contributed by atoms with Crippen LogP contribution in [-0.4, -0.2) is 37.2 Å². The number of rotatable bonds is 6. The Labute approximate surface area is 187 Å². The minimum atomic E-state index is -0.369. The minimum absolute atomic E-state index is 0.0296. The third-order valence-corrected chi connectivity index (χ3v) is 5.27. The first-order valence-electron chi connectivity index (χ1n) is 10.5. The van der Waals surface area contributed by atoms with Gasteiger partial charge in [0.05, 0.1) is 7.11 Å². The molecule has 3 aromatic carbocycles. The van der Waals surface area contributed by atoms with Gasteiger partial charge in [-0.15, -0.1) is 0 Å². The average Bonchev–Trinajstić information content (AvgIpc) is 2.81. The van der Waals surface area contributed by atoms with Gasteiger partial charge < -0.3 is 20.3 Å². The van der Waals surface area contributed by atoms with Crippen molar-refractivity contribution in [2.24, 2.45) is 0 Å². The van der Waals surface area contributed by atoms with Crippen LogP contribution < -0.4 is 20.3 Å². The second-order valence-corrected chi connectivity index (χ2v) is 7.56. The summed E-state index contributed by atoms with van der Waals surface area (Å²) in [6, 6.07) is 24.0. The average molecular weight is 431 g/mol. The van der Waals surface area contributed by atoms with Crippen LogP contribution >= 0.6 is 0 Å². The second kappa shape index (κ2) is 9.87. The van der Waals surface area contributed by atoms with E-state index in [1.54, 1.807) is 36.3 Å². The Balaban J connectivity index is 1.42. The maximum Gasteiger partial charge on any atom is 0.324 e. The smallest absolute Gasteiger partial charge is 0.324 e. The Morgan fingerprint density at radius 3 is 2.38 bits per heavy atom. The molecule has 0 saturated carbocycles. The molecule has 1 heterocycles. The SMILES string of the molecule is COc1cccc(NC(=O)Nc2cccc(N3CCCN(Cc4ccccc4)C3=O)c2)c1. The standard InChI is InChI=1S/C25H26N4O3/c1-32-23-13-6-11-21(17-23)27-24(30)26-20-10-5-12-22(16-20)29-15-7-14-28(25(29)31)18-19-8-3-2-4-9-19/h2-6,8-13,16-17H,7,14-15,18H2,1H3,(H2,26,27,30). The third-order valence-electron chi connectivity index (χ3n) is 5.27. The first-order chi connectivity index (χ1) is 15.6. The van der Waals surface area contributed by atoms with E-state index in [0.717, 1.165) is 24.2 Å². The number of hydrogen-bond donors (Lipinski definition) is 2. The van der Waals surface area contributed by atoms with E-state index in [9.17, 15) is 9.59 Å².